The third kappa shape index (κ3) is 6.19. The summed E-state index contributed by atoms with van der Waals surface area (Å²) in [7, 11) is -3.59. The minimum absolute atomic E-state index is 0.106. The third-order valence-corrected chi connectivity index (χ3v) is 5.63. The van der Waals surface area contributed by atoms with E-state index in [1.807, 2.05) is 0 Å². The van der Waals surface area contributed by atoms with Crippen LogP contribution in [0.15, 0.2) is 83.8 Å². The summed E-state index contributed by atoms with van der Waals surface area (Å²) in [4.78, 5) is 25.5. The maximum absolute atomic E-state index is 13.0. The Labute approximate surface area is 187 Å². The first kappa shape index (κ1) is 24.0. The molecule has 0 saturated heterocycles. The van der Waals surface area contributed by atoms with Gasteiger partial charge in [-0.25, -0.2) is 13.2 Å². The van der Waals surface area contributed by atoms with Crippen LogP contribution >= 0.6 is 0 Å². The number of carbonyl (C=O) groups is 2. The Balaban J connectivity index is 1.89. The van der Waals surface area contributed by atoms with E-state index in [9.17, 15) is 31.2 Å². The highest BCUT2D eigenvalue weighted by atomic mass is 32.2. The average molecular weight is 477 g/mol. The van der Waals surface area contributed by atoms with Crippen molar-refractivity contribution in [3.63, 3.8) is 0 Å². The number of carbonyl (C=O) groups excluding carboxylic acids is 2. The van der Waals surface area contributed by atoms with E-state index in [0.717, 1.165) is 30.5 Å². The first-order valence-corrected chi connectivity index (χ1v) is 11.4. The Kier molecular flexibility index (Phi) is 6.87. The lowest BCUT2D eigenvalue weighted by Crippen LogP contribution is -2.26. The summed E-state index contributed by atoms with van der Waals surface area (Å²) < 4.78 is 67.8. The van der Waals surface area contributed by atoms with Crippen molar-refractivity contribution >= 4 is 27.4 Å². The van der Waals surface area contributed by atoms with Gasteiger partial charge in [-0.1, -0.05) is 42.5 Å². The topological polar surface area (TPSA) is 89.5 Å². The van der Waals surface area contributed by atoms with Gasteiger partial charge in [-0.15, -0.1) is 0 Å². The molecule has 0 aliphatic carbocycles. The number of anilines is 1. The van der Waals surface area contributed by atoms with Crippen LogP contribution in [0.5, 0.6) is 0 Å². The Hall–Kier alpha value is -3.66. The van der Waals surface area contributed by atoms with Crippen LogP contribution in [-0.4, -0.2) is 26.6 Å². The number of ether oxygens (including phenoxy) is 1. The molecule has 0 spiro atoms. The third-order valence-electron chi connectivity index (χ3n) is 4.52. The van der Waals surface area contributed by atoms with Crippen LogP contribution in [0.25, 0.3) is 0 Å². The van der Waals surface area contributed by atoms with Crippen molar-refractivity contribution < 1.29 is 35.9 Å². The molecular weight excluding hydrogens is 459 g/mol. The van der Waals surface area contributed by atoms with Gasteiger partial charge in [0.15, 0.2) is 9.84 Å². The molecule has 6 nitrogen and oxygen atoms in total. The number of esters is 1. The molecule has 1 amide bonds. The van der Waals surface area contributed by atoms with Crippen LogP contribution in [-0.2, 0) is 25.5 Å². The van der Waals surface area contributed by atoms with E-state index in [-0.39, 0.29) is 21.7 Å². The molecule has 3 aromatic carbocycles. The molecule has 3 rings (SSSR count). The van der Waals surface area contributed by atoms with Gasteiger partial charge >= 0.3 is 12.1 Å². The lowest BCUT2D eigenvalue weighted by Gasteiger charge is -2.19. The van der Waals surface area contributed by atoms with Crippen LogP contribution in [0.2, 0.25) is 0 Å². The van der Waals surface area contributed by atoms with E-state index in [4.69, 9.17) is 4.74 Å². The summed E-state index contributed by atoms with van der Waals surface area (Å²) in [6, 6.07) is 17.0. The minimum atomic E-state index is -4.60. The van der Waals surface area contributed by atoms with Gasteiger partial charge in [0.2, 0.25) is 6.10 Å². The Bertz CT molecular complexity index is 1270. The Morgan fingerprint density at radius 3 is 2.21 bits per heavy atom. The van der Waals surface area contributed by atoms with E-state index in [1.54, 1.807) is 18.2 Å². The van der Waals surface area contributed by atoms with Gasteiger partial charge in [-0.05, 0) is 36.4 Å². The SMILES string of the molecule is CS(=O)(=O)c1cccc(C(=O)O[C@@H](C(=O)Nc2cccc(C(F)(F)F)c2)c2ccccc2)c1. The van der Waals surface area contributed by atoms with Crippen LogP contribution in [0.4, 0.5) is 18.9 Å². The van der Waals surface area contributed by atoms with Gasteiger partial charge in [-0.3, -0.25) is 4.79 Å². The zero-order chi connectivity index (χ0) is 24.2. The summed E-state index contributed by atoms with van der Waals surface area (Å²) >= 11 is 0. The van der Waals surface area contributed by atoms with E-state index in [0.29, 0.717) is 0 Å². The number of rotatable bonds is 6. The molecule has 0 aromatic heterocycles. The molecule has 1 N–H and O–H groups in total. The maximum Gasteiger partial charge on any atom is 0.416 e. The molecule has 0 radical (unpaired) electrons. The Morgan fingerprint density at radius 2 is 1.58 bits per heavy atom. The van der Waals surface area contributed by atoms with Gasteiger partial charge in [0.25, 0.3) is 5.91 Å². The summed E-state index contributed by atoms with van der Waals surface area (Å²) in [6.07, 6.45) is -5.13. The standard InChI is InChI=1S/C23H18F3NO5S/c1-33(30,31)19-12-5-9-16(13-19)22(29)32-20(15-7-3-2-4-8-15)21(28)27-18-11-6-10-17(14-18)23(24,25)26/h2-14,20H,1H3,(H,27,28)/t20-/m1/s1. The zero-order valence-corrected chi connectivity index (χ0v) is 18.0. The molecule has 0 aliphatic heterocycles. The highest BCUT2D eigenvalue weighted by molar-refractivity contribution is 7.90. The van der Waals surface area contributed by atoms with Crippen LogP contribution < -0.4 is 5.32 Å². The van der Waals surface area contributed by atoms with Gasteiger partial charge < -0.3 is 10.1 Å². The molecule has 33 heavy (non-hydrogen) atoms. The summed E-state index contributed by atoms with van der Waals surface area (Å²) in [5.41, 5.74) is -0.919. The molecule has 0 unspecified atom stereocenters. The predicted molar refractivity (Wildman–Crippen MR) is 114 cm³/mol. The number of sulfone groups is 1. The molecule has 172 valence electrons. The van der Waals surface area contributed by atoms with Crippen LogP contribution in [0.3, 0.4) is 0 Å². The second kappa shape index (κ2) is 9.45. The zero-order valence-electron chi connectivity index (χ0n) is 17.2. The predicted octanol–water partition coefficient (Wildman–Crippen LogP) is 4.65. The number of alkyl halides is 3. The highest BCUT2D eigenvalue weighted by Crippen LogP contribution is 2.31. The molecule has 0 saturated carbocycles. The largest absolute Gasteiger partial charge is 0.444 e. The number of nitrogens with one attached hydrogen (secondary N) is 1. The highest BCUT2D eigenvalue weighted by Gasteiger charge is 2.31. The number of hydrogen-bond donors (Lipinski definition) is 1. The van der Waals surface area contributed by atoms with E-state index in [2.05, 4.69) is 5.32 Å². The fourth-order valence-corrected chi connectivity index (χ4v) is 3.58. The van der Waals surface area contributed by atoms with Crippen molar-refractivity contribution in [3.8, 4) is 0 Å². The number of benzene rings is 3. The van der Waals surface area contributed by atoms with E-state index in [1.165, 1.54) is 36.4 Å². The van der Waals surface area contributed by atoms with E-state index >= 15 is 0 Å². The lowest BCUT2D eigenvalue weighted by atomic mass is 10.1. The van der Waals surface area contributed by atoms with Crippen LogP contribution in [0.1, 0.15) is 27.6 Å². The molecule has 0 bridgehead atoms. The van der Waals surface area contributed by atoms with Crippen molar-refractivity contribution in [2.24, 2.45) is 0 Å². The lowest BCUT2D eigenvalue weighted by molar-refractivity contribution is -0.137. The second-order valence-corrected chi connectivity index (χ2v) is 9.08. The first-order valence-electron chi connectivity index (χ1n) is 9.49. The molecule has 0 aliphatic rings. The summed E-state index contributed by atoms with van der Waals surface area (Å²) in [5.74, 6) is -1.86. The molecular formula is C23H18F3NO5S. The normalized spacial score (nSPS) is 12.6. The number of halogens is 3. The van der Waals surface area contributed by atoms with Crippen molar-refractivity contribution in [3.05, 3.63) is 95.6 Å². The van der Waals surface area contributed by atoms with Gasteiger partial charge in [-0.2, -0.15) is 13.2 Å². The molecule has 10 heteroatoms. The fraction of sp³-hybridized carbons (Fsp3) is 0.130. The second-order valence-electron chi connectivity index (χ2n) is 7.06. The average Bonchev–Trinajstić information content (AvgIpc) is 2.77. The molecule has 3 aromatic rings. The van der Waals surface area contributed by atoms with Crippen molar-refractivity contribution in [2.75, 3.05) is 11.6 Å². The quantitative estimate of drug-likeness (QED) is 0.523. The van der Waals surface area contributed by atoms with Crippen molar-refractivity contribution in [1.82, 2.24) is 0 Å². The smallest absolute Gasteiger partial charge is 0.416 e. The number of amides is 1. The monoisotopic (exact) mass is 477 g/mol. The van der Waals surface area contributed by atoms with Crippen LogP contribution in [0, 0.1) is 0 Å². The minimum Gasteiger partial charge on any atom is -0.444 e. The van der Waals surface area contributed by atoms with Crippen molar-refractivity contribution in [1.29, 1.82) is 0 Å². The Morgan fingerprint density at radius 1 is 0.909 bits per heavy atom. The molecule has 0 fully saturated rings. The summed E-state index contributed by atoms with van der Waals surface area (Å²) in [5, 5.41) is 2.33. The van der Waals surface area contributed by atoms with Gasteiger partial charge in [0, 0.05) is 17.5 Å². The number of hydrogen-bond acceptors (Lipinski definition) is 5. The van der Waals surface area contributed by atoms with Gasteiger partial charge in [0.05, 0.1) is 16.0 Å². The summed E-state index contributed by atoms with van der Waals surface area (Å²) in [6.45, 7) is 0. The van der Waals surface area contributed by atoms with E-state index < -0.39 is 39.6 Å². The van der Waals surface area contributed by atoms with Crippen molar-refractivity contribution in [2.45, 2.75) is 17.2 Å². The van der Waals surface area contributed by atoms with Gasteiger partial charge in [0.1, 0.15) is 0 Å². The molecule has 0 heterocycles. The molecule has 1 atom stereocenters. The fourth-order valence-electron chi connectivity index (χ4n) is 2.91. The first-order chi connectivity index (χ1) is 15.4. The maximum atomic E-state index is 13.0.